The highest BCUT2D eigenvalue weighted by Crippen LogP contribution is 1.94. The lowest BCUT2D eigenvalue weighted by Gasteiger charge is -1.91. The van der Waals surface area contributed by atoms with Crippen molar-refractivity contribution in [2.45, 2.75) is 13.5 Å². The molecular formula is C8H11ClN2. The highest BCUT2D eigenvalue weighted by Gasteiger charge is 1.88. The van der Waals surface area contributed by atoms with Gasteiger partial charge in [-0.15, -0.1) is 11.6 Å². The van der Waals surface area contributed by atoms with Gasteiger partial charge in [0.15, 0.2) is 0 Å². The monoisotopic (exact) mass is 170 g/mol. The van der Waals surface area contributed by atoms with Gasteiger partial charge in [0.1, 0.15) is 0 Å². The van der Waals surface area contributed by atoms with E-state index < -0.39 is 0 Å². The summed E-state index contributed by atoms with van der Waals surface area (Å²) >= 11 is 5.46. The molecule has 0 bridgehead atoms. The van der Waals surface area contributed by atoms with Crippen molar-refractivity contribution >= 4 is 11.6 Å². The van der Waals surface area contributed by atoms with E-state index in [1.807, 2.05) is 36.2 Å². The third-order valence-electron chi connectivity index (χ3n) is 1.31. The first kappa shape index (κ1) is 8.34. The van der Waals surface area contributed by atoms with Crippen LogP contribution in [0.4, 0.5) is 0 Å². The second kappa shape index (κ2) is 4.19. The largest absolute Gasteiger partial charge is 0.269 e. The minimum Gasteiger partial charge on any atom is -0.269 e. The molecule has 11 heavy (non-hydrogen) atoms. The molecule has 0 saturated carbocycles. The zero-order valence-corrected chi connectivity index (χ0v) is 7.25. The van der Waals surface area contributed by atoms with Crippen LogP contribution in [0.1, 0.15) is 5.56 Å². The zero-order valence-electron chi connectivity index (χ0n) is 6.50. The zero-order chi connectivity index (χ0) is 8.10. The first-order chi connectivity index (χ1) is 5.33. The van der Waals surface area contributed by atoms with Crippen LogP contribution in [0.3, 0.4) is 0 Å². The summed E-state index contributed by atoms with van der Waals surface area (Å²) in [5, 5.41) is 4.11. The molecule has 1 rings (SSSR count). The van der Waals surface area contributed by atoms with Crippen LogP contribution in [0.15, 0.2) is 24.5 Å². The fraction of sp³-hybridized carbons (Fsp3) is 0.375. The van der Waals surface area contributed by atoms with Gasteiger partial charge >= 0.3 is 0 Å². The molecule has 1 aromatic rings. The minimum atomic E-state index is 0.570. The Morgan fingerprint density at radius 1 is 1.64 bits per heavy atom. The number of alkyl halides is 1. The van der Waals surface area contributed by atoms with Gasteiger partial charge in [0.05, 0.1) is 12.7 Å². The van der Waals surface area contributed by atoms with Crippen molar-refractivity contribution in [1.82, 2.24) is 9.78 Å². The van der Waals surface area contributed by atoms with Gasteiger partial charge in [-0.05, 0) is 12.5 Å². The number of rotatable bonds is 3. The van der Waals surface area contributed by atoms with Crippen LogP contribution in [0.2, 0.25) is 0 Å². The molecule has 0 radical (unpaired) electrons. The molecule has 1 aromatic heterocycles. The summed E-state index contributed by atoms with van der Waals surface area (Å²) in [7, 11) is 0. The Hall–Kier alpha value is -0.760. The maximum atomic E-state index is 5.46. The summed E-state index contributed by atoms with van der Waals surface area (Å²) in [5.74, 6) is 0.570. The van der Waals surface area contributed by atoms with Gasteiger partial charge in [-0.3, -0.25) is 4.68 Å². The summed E-state index contributed by atoms with van der Waals surface area (Å²) < 4.78 is 1.87. The summed E-state index contributed by atoms with van der Waals surface area (Å²) in [5.41, 5.74) is 1.18. The Morgan fingerprint density at radius 3 is 3.00 bits per heavy atom. The van der Waals surface area contributed by atoms with E-state index in [9.17, 15) is 0 Å². The molecule has 1 heterocycles. The van der Waals surface area contributed by atoms with Gasteiger partial charge in [0.25, 0.3) is 0 Å². The molecule has 60 valence electrons. The van der Waals surface area contributed by atoms with E-state index >= 15 is 0 Å². The molecule has 0 aliphatic rings. The number of aromatic nitrogens is 2. The Bertz CT molecular complexity index is 240. The van der Waals surface area contributed by atoms with Gasteiger partial charge < -0.3 is 0 Å². The van der Waals surface area contributed by atoms with E-state index in [2.05, 4.69) is 5.10 Å². The number of hydrogen-bond donors (Lipinski definition) is 0. The Balaban J connectivity index is 2.45. The Morgan fingerprint density at radius 2 is 2.45 bits per heavy atom. The van der Waals surface area contributed by atoms with Crippen molar-refractivity contribution < 1.29 is 0 Å². The maximum Gasteiger partial charge on any atom is 0.0590 e. The lowest BCUT2D eigenvalue weighted by molar-refractivity contribution is 0.701. The van der Waals surface area contributed by atoms with Crippen molar-refractivity contribution in [2.24, 2.45) is 0 Å². The van der Waals surface area contributed by atoms with Gasteiger partial charge in [-0.2, -0.15) is 5.10 Å². The first-order valence-corrected chi connectivity index (χ1v) is 4.06. The van der Waals surface area contributed by atoms with E-state index in [4.69, 9.17) is 11.6 Å². The predicted octanol–water partition coefficient (Wildman–Crippen LogP) is 1.99. The van der Waals surface area contributed by atoms with Crippen LogP contribution < -0.4 is 0 Å². The van der Waals surface area contributed by atoms with Crippen LogP contribution in [-0.4, -0.2) is 15.7 Å². The van der Waals surface area contributed by atoms with E-state index in [1.54, 1.807) is 0 Å². The molecule has 0 saturated heterocycles. The van der Waals surface area contributed by atoms with E-state index in [0.29, 0.717) is 5.88 Å². The number of hydrogen-bond acceptors (Lipinski definition) is 1. The molecule has 0 aromatic carbocycles. The number of allylic oxidation sites excluding steroid dienone is 2. The average Bonchev–Trinajstić information content (AvgIpc) is 2.37. The maximum absolute atomic E-state index is 5.46. The third kappa shape index (κ3) is 2.76. The van der Waals surface area contributed by atoms with Crippen molar-refractivity contribution in [3.8, 4) is 0 Å². The van der Waals surface area contributed by atoms with Gasteiger partial charge in [-0.25, -0.2) is 0 Å². The molecule has 3 heteroatoms. The lowest BCUT2D eigenvalue weighted by Crippen LogP contribution is -1.94. The Kier molecular flexibility index (Phi) is 3.17. The number of halogens is 1. The highest BCUT2D eigenvalue weighted by atomic mass is 35.5. The van der Waals surface area contributed by atoms with Crippen molar-refractivity contribution in [3.05, 3.63) is 30.1 Å². The standard InChI is InChI=1S/C8H11ClN2/c1-8-6-10-11(7-8)5-3-2-4-9/h2-3,6-7H,4-5H2,1H3. The second-order valence-electron chi connectivity index (χ2n) is 2.37. The predicted molar refractivity (Wildman–Crippen MR) is 46.8 cm³/mol. The van der Waals surface area contributed by atoms with Crippen LogP contribution in [0.5, 0.6) is 0 Å². The van der Waals surface area contributed by atoms with E-state index in [1.165, 1.54) is 5.56 Å². The van der Waals surface area contributed by atoms with Crippen LogP contribution in [0.25, 0.3) is 0 Å². The molecule has 0 fully saturated rings. The van der Waals surface area contributed by atoms with Crippen molar-refractivity contribution in [1.29, 1.82) is 0 Å². The molecule has 0 atom stereocenters. The fourth-order valence-electron chi connectivity index (χ4n) is 0.812. The first-order valence-electron chi connectivity index (χ1n) is 3.53. The highest BCUT2D eigenvalue weighted by molar-refractivity contribution is 6.18. The number of aryl methyl sites for hydroxylation is 1. The molecule has 0 unspecified atom stereocenters. The number of nitrogens with zero attached hydrogens (tertiary/aromatic N) is 2. The topological polar surface area (TPSA) is 17.8 Å². The normalized spacial score (nSPS) is 11.1. The van der Waals surface area contributed by atoms with E-state index in [-0.39, 0.29) is 0 Å². The van der Waals surface area contributed by atoms with Crippen LogP contribution >= 0.6 is 11.6 Å². The minimum absolute atomic E-state index is 0.570. The lowest BCUT2D eigenvalue weighted by atomic mass is 10.4. The SMILES string of the molecule is Cc1cnn(CC=CCCl)c1. The Labute approximate surface area is 71.5 Å². The molecule has 0 N–H and O–H groups in total. The quantitative estimate of drug-likeness (QED) is 0.501. The van der Waals surface area contributed by atoms with Crippen LogP contribution in [0, 0.1) is 6.92 Å². The summed E-state index contributed by atoms with van der Waals surface area (Å²) in [6.45, 7) is 2.83. The van der Waals surface area contributed by atoms with Crippen molar-refractivity contribution in [2.75, 3.05) is 5.88 Å². The molecule has 0 aliphatic heterocycles. The van der Waals surface area contributed by atoms with Crippen molar-refractivity contribution in [3.63, 3.8) is 0 Å². The smallest absolute Gasteiger partial charge is 0.0590 e. The van der Waals surface area contributed by atoms with Gasteiger partial charge in [0, 0.05) is 12.1 Å². The average molecular weight is 171 g/mol. The van der Waals surface area contributed by atoms with Gasteiger partial charge in [0.2, 0.25) is 0 Å². The second-order valence-corrected chi connectivity index (χ2v) is 2.67. The molecule has 0 aliphatic carbocycles. The third-order valence-corrected chi connectivity index (χ3v) is 1.49. The summed E-state index contributed by atoms with van der Waals surface area (Å²) in [6, 6.07) is 0. The summed E-state index contributed by atoms with van der Waals surface area (Å²) in [6.07, 6.45) is 7.76. The summed E-state index contributed by atoms with van der Waals surface area (Å²) in [4.78, 5) is 0. The fourth-order valence-corrected chi connectivity index (χ4v) is 0.938. The molecule has 0 amide bonds. The van der Waals surface area contributed by atoms with E-state index in [0.717, 1.165) is 6.54 Å². The van der Waals surface area contributed by atoms with Crippen LogP contribution in [-0.2, 0) is 6.54 Å². The van der Waals surface area contributed by atoms with Gasteiger partial charge in [-0.1, -0.05) is 12.2 Å². The molecular weight excluding hydrogens is 160 g/mol. The molecule has 0 spiro atoms. The molecule has 2 nitrogen and oxygen atoms in total.